The zero-order chi connectivity index (χ0) is 11.1. The standard InChI is InChI=1S/C12H26N2O/c1-11(15-2)10-14(9-5-8-13)12-6-3-4-7-12/h11-12H,3-10,13H2,1-2H3. The normalized spacial score (nSPS) is 20.0. The molecule has 1 unspecified atom stereocenters. The molecule has 0 saturated heterocycles. The van der Waals surface area contributed by atoms with E-state index in [1.54, 1.807) is 7.11 Å². The molecule has 0 heterocycles. The fourth-order valence-corrected chi connectivity index (χ4v) is 2.39. The van der Waals surface area contributed by atoms with Gasteiger partial charge >= 0.3 is 0 Å². The topological polar surface area (TPSA) is 38.5 Å². The summed E-state index contributed by atoms with van der Waals surface area (Å²) < 4.78 is 5.35. The van der Waals surface area contributed by atoms with Crippen molar-refractivity contribution in [3.05, 3.63) is 0 Å². The molecule has 3 heteroatoms. The Morgan fingerprint density at radius 2 is 2.07 bits per heavy atom. The Labute approximate surface area is 94.0 Å². The van der Waals surface area contributed by atoms with Crippen molar-refractivity contribution in [1.29, 1.82) is 0 Å². The van der Waals surface area contributed by atoms with Crippen LogP contribution in [0.2, 0.25) is 0 Å². The molecule has 15 heavy (non-hydrogen) atoms. The number of methoxy groups -OCH3 is 1. The molecular weight excluding hydrogens is 188 g/mol. The summed E-state index contributed by atoms with van der Waals surface area (Å²) in [6.45, 7) is 5.13. The first-order valence-corrected chi connectivity index (χ1v) is 6.24. The molecule has 0 spiro atoms. The van der Waals surface area contributed by atoms with Gasteiger partial charge in [0, 0.05) is 19.7 Å². The molecular formula is C12H26N2O. The van der Waals surface area contributed by atoms with Gasteiger partial charge in [0.2, 0.25) is 0 Å². The lowest BCUT2D eigenvalue weighted by atomic mass is 10.2. The van der Waals surface area contributed by atoms with Gasteiger partial charge in [-0.05, 0) is 39.3 Å². The van der Waals surface area contributed by atoms with Crippen molar-refractivity contribution in [2.75, 3.05) is 26.7 Å². The van der Waals surface area contributed by atoms with E-state index < -0.39 is 0 Å². The third-order valence-corrected chi connectivity index (χ3v) is 3.38. The van der Waals surface area contributed by atoms with Gasteiger partial charge in [0.1, 0.15) is 0 Å². The van der Waals surface area contributed by atoms with E-state index in [0.29, 0.717) is 6.10 Å². The van der Waals surface area contributed by atoms with Crippen molar-refractivity contribution in [2.24, 2.45) is 5.73 Å². The summed E-state index contributed by atoms with van der Waals surface area (Å²) in [7, 11) is 1.79. The Bertz CT molecular complexity index is 158. The van der Waals surface area contributed by atoms with Crippen molar-refractivity contribution < 1.29 is 4.74 Å². The van der Waals surface area contributed by atoms with Gasteiger partial charge in [-0.25, -0.2) is 0 Å². The number of hydrogen-bond donors (Lipinski definition) is 1. The maximum Gasteiger partial charge on any atom is 0.0670 e. The Hall–Kier alpha value is -0.120. The Kier molecular flexibility index (Phi) is 6.22. The van der Waals surface area contributed by atoms with E-state index in [1.165, 1.54) is 25.7 Å². The van der Waals surface area contributed by atoms with E-state index in [9.17, 15) is 0 Å². The van der Waals surface area contributed by atoms with Crippen molar-refractivity contribution in [1.82, 2.24) is 4.90 Å². The number of rotatable bonds is 7. The Morgan fingerprint density at radius 3 is 2.60 bits per heavy atom. The third-order valence-electron chi connectivity index (χ3n) is 3.38. The van der Waals surface area contributed by atoms with Gasteiger partial charge < -0.3 is 10.5 Å². The largest absolute Gasteiger partial charge is 0.380 e. The second-order valence-corrected chi connectivity index (χ2v) is 4.62. The fourth-order valence-electron chi connectivity index (χ4n) is 2.39. The van der Waals surface area contributed by atoms with Gasteiger partial charge in [-0.15, -0.1) is 0 Å². The van der Waals surface area contributed by atoms with Gasteiger partial charge in [-0.2, -0.15) is 0 Å². The average molecular weight is 214 g/mol. The highest BCUT2D eigenvalue weighted by Gasteiger charge is 2.23. The van der Waals surface area contributed by atoms with E-state index in [1.807, 2.05) is 0 Å². The van der Waals surface area contributed by atoms with E-state index in [0.717, 1.165) is 32.1 Å². The van der Waals surface area contributed by atoms with Gasteiger partial charge in [-0.1, -0.05) is 12.8 Å². The number of hydrogen-bond acceptors (Lipinski definition) is 3. The lowest BCUT2D eigenvalue weighted by Gasteiger charge is -2.30. The second kappa shape index (κ2) is 7.20. The molecule has 1 fully saturated rings. The van der Waals surface area contributed by atoms with Crippen LogP contribution in [0.5, 0.6) is 0 Å². The molecule has 90 valence electrons. The van der Waals surface area contributed by atoms with Crippen LogP contribution in [0.3, 0.4) is 0 Å². The molecule has 2 N–H and O–H groups in total. The zero-order valence-electron chi connectivity index (χ0n) is 10.2. The highest BCUT2D eigenvalue weighted by atomic mass is 16.5. The number of nitrogens with zero attached hydrogens (tertiary/aromatic N) is 1. The van der Waals surface area contributed by atoms with Crippen LogP contribution in [0.4, 0.5) is 0 Å². The highest BCUT2D eigenvalue weighted by Crippen LogP contribution is 2.23. The highest BCUT2D eigenvalue weighted by molar-refractivity contribution is 4.78. The van der Waals surface area contributed by atoms with Crippen molar-refractivity contribution >= 4 is 0 Å². The van der Waals surface area contributed by atoms with Crippen LogP contribution in [0.25, 0.3) is 0 Å². The SMILES string of the molecule is COC(C)CN(CCCN)C1CCCC1. The van der Waals surface area contributed by atoms with E-state index >= 15 is 0 Å². The molecule has 1 rings (SSSR count). The molecule has 0 aliphatic heterocycles. The molecule has 0 aromatic carbocycles. The molecule has 3 nitrogen and oxygen atoms in total. The monoisotopic (exact) mass is 214 g/mol. The van der Waals surface area contributed by atoms with Crippen LogP contribution in [-0.2, 0) is 4.74 Å². The van der Waals surface area contributed by atoms with Crippen molar-refractivity contribution in [3.63, 3.8) is 0 Å². The predicted molar refractivity (Wildman–Crippen MR) is 64.0 cm³/mol. The number of nitrogens with two attached hydrogens (primary N) is 1. The average Bonchev–Trinajstić information content (AvgIpc) is 2.77. The van der Waals surface area contributed by atoms with Crippen LogP contribution < -0.4 is 5.73 Å². The Balaban J connectivity index is 2.36. The first kappa shape index (κ1) is 12.9. The summed E-state index contributed by atoms with van der Waals surface area (Å²) in [4.78, 5) is 2.58. The van der Waals surface area contributed by atoms with Crippen LogP contribution in [0.1, 0.15) is 39.0 Å². The second-order valence-electron chi connectivity index (χ2n) is 4.62. The minimum Gasteiger partial charge on any atom is -0.380 e. The minimum atomic E-state index is 0.336. The van der Waals surface area contributed by atoms with Crippen LogP contribution in [0, 0.1) is 0 Å². The summed E-state index contributed by atoms with van der Waals surface area (Å²) >= 11 is 0. The summed E-state index contributed by atoms with van der Waals surface area (Å²) in [6.07, 6.45) is 6.95. The molecule has 0 aromatic heterocycles. The van der Waals surface area contributed by atoms with Crippen LogP contribution in [0.15, 0.2) is 0 Å². The van der Waals surface area contributed by atoms with Gasteiger partial charge in [0.25, 0.3) is 0 Å². The lowest BCUT2D eigenvalue weighted by molar-refractivity contribution is 0.0601. The van der Waals surface area contributed by atoms with Crippen LogP contribution >= 0.6 is 0 Å². The fraction of sp³-hybridized carbons (Fsp3) is 1.00. The lowest BCUT2D eigenvalue weighted by Crippen LogP contribution is -2.40. The first-order valence-electron chi connectivity index (χ1n) is 6.24. The minimum absolute atomic E-state index is 0.336. The summed E-state index contributed by atoms with van der Waals surface area (Å²) in [5.74, 6) is 0. The third kappa shape index (κ3) is 4.49. The smallest absolute Gasteiger partial charge is 0.0670 e. The Morgan fingerprint density at radius 1 is 1.40 bits per heavy atom. The molecule has 0 radical (unpaired) electrons. The van der Waals surface area contributed by atoms with E-state index in [-0.39, 0.29) is 0 Å². The molecule has 0 bridgehead atoms. The molecule has 0 amide bonds. The molecule has 1 atom stereocenters. The van der Waals surface area contributed by atoms with E-state index in [4.69, 9.17) is 10.5 Å². The summed E-state index contributed by atoms with van der Waals surface area (Å²) in [6, 6.07) is 0.786. The molecule has 0 aromatic rings. The van der Waals surface area contributed by atoms with E-state index in [2.05, 4.69) is 11.8 Å². The summed E-state index contributed by atoms with van der Waals surface area (Å²) in [5.41, 5.74) is 5.58. The van der Waals surface area contributed by atoms with Gasteiger partial charge in [-0.3, -0.25) is 4.90 Å². The maximum atomic E-state index is 5.58. The van der Waals surface area contributed by atoms with Crippen molar-refractivity contribution in [3.8, 4) is 0 Å². The summed E-state index contributed by atoms with van der Waals surface area (Å²) in [5, 5.41) is 0. The zero-order valence-corrected chi connectivity index (χ0v) is 10.2. The first-order chi connectivity index (χ1) is 7.27. The number of ether oxygens (including phenoxy) is 1. The van der Waals surface area contributed by atoms with Gasteiger partial charge in [0.05, 0.1) is 6.10 Å². The van der Waals surface area contributed by atoms with Gasteiger partial charge in [0.15, 0.2) is 0 Å². The quantitative estimate of drug-likeness (QED) is 0.700. The van der Waals surface area contributed by atoms with Crippen LogP contribution in [-0.4, -0.2) is 43.8 Å². The molecule has 1 aliphatic rings. The molecule has 1 saturated carbocycles. The predicted octanol–water partition coefficient (Wildman–Crippen LogP) is 1.61. The van der Waals surface area contributed by atoms with Crippen molar-refractivity contribution in [2.45, 2.75) is 51.2 Å². The maximum absolute atomic E-state index is 5.58. The molecule has 1 aliphatic carbocycles.